The third kappa shape index (κ3) is 4.18. The summed E-state index contributed by atoms with van der Waals surface area (Å²) >= 11 is 0. The molecule has 0 saturated carbocycles. The van der Waals surface area contributed by atoms with E-state index in [4.69, 9.17) is 4.74 Å². The molecule has 6 heteroatoms. The summed E-state index contributed by atoms with van der Waals surface area (Å²) in [5, 5.41) is 9.46. The van der Waals surface area contributed by atoms with Crippen molar-refractivity contribution in [2.24, 2.45) is 5.41 Å². The van der Waals surface area contributed by atoms with Gasteiger partial charge in [0.1, 0.15) is 6.04 Å². The predicted molar refractivity (Wildman–Crippen MR) is 92.2 cm³/mol. The maximum Gasteiger partial charge on any atom is 0.337 e. The molecule has 1 aliphatic heterocycles. The van der Waals surface area contributed by atoms with Crippen molar-refractivity contribution in [1.29, 1.82) is 0 Å². The van der Waals surface area contributed by atoms with Crippen molar-refractivity contribution in [2.75, 3.05) is 7.11 Å². The van der Waals surface area contributed by atoms with Gasteiger partial charge >= 0.3 is 11.9 Å². The third-order valence-electron chi connectivity index (χ3n) is 4.68. The van der Waals surface area contributed by atoms with E-state index in [2.05, 4.69) is 0 Å². The average Bonchev–Trinajstić information content (AvgIpc) is 2.93. The Hall–Kier alpha value is -2.37. The predicted octanol–water partition coefficient (Wildman–Crippen LogP) is 2.51. The van der Waals surface area contributed by atoms with E-state index in [-0.39, 0.29) is 23.8 Å². The second-order valence-electron chi connectivity index (χ2n) is 7.47. The molecule has 0 aromatic heterocycles. The van der Waals surface area contributed by atoms with Gasteiger partial charge in [-0.15, -0.1) is 0 Å². The maximum absolute atomic E-state index is 12.4. The fourth-order valence-corrected chi connectivity index (χ4v) is 3.28. The van der Waals surface area contributed by atoms with E-state index in [1.54, 1.807) is 12.1 Å². The van der Waals surface area contributed by atoms with Crippen LogP contribution in [0.1, 0.15) is 49.5 Å². The molecule has 1 aromatic carbocycles. The number of nitrogens with zero attached hydrogens (tertiary/aromatic N) is 1. The minimum Gasteiger partial charge on any atom is -0.480 e. The largest absolute Gasteiger partial charge is 0.480 e. The molecule has 6 nitrogen and oxygen atoms in total. The zero-order chi connectivity index (χ0) is 18.8. The van der Waals surface area contributed by atoms with Crippen LogP contribution in [0.25, 0.3) is 0 Å². The van der Waals surface area contributed by atoms with E-state index in [9.17, 15) is 19.5 Å². The minimum absolute atomic E-state index is 0.112. The lowest BCUT2D eigenvalue weighted by molar-refractivity contribution is -0.149. The number of rotatable bonds is 5. The molecule has 1 fully saturated rings. The molecule has 0 spiro atoms. The Morgan fingerprint density at radius 1 is 1.28 bits per heavy atom. The number of methoxy groups -OCH3 is 1. The molecular formula is C19H25NO5. The molecule has 2 atom stereocenters. The molecule has 1 heterocycles. The van der Waals surface area contributed by atoms with E-state index >= 15 is 0 Å². The zero-order valence-corrected chi connectivity index (χ0v) is 15.1. The van der Waals surface area contributed by atoms with Crippen LogP contribution in [0.2, 0.25) is 0 Å². The Labute approximate surface area is 147 Å². The molecule has 1 amide bonds. The van der Waals surface area contributed by atoms with Crippen molar-refractivity contribution in [3.63, 3.8) is 0 Å². The summed E-state index contributed by atoms with van der Waals surface area (Å²) in [5.74, 6) is -1.47. The normalized spacial score (nSPS) is 19.0. The highest BCUT2D eigenvalue weighted by molar-refractivity contribution is 5.89. The molecule has 0 aliphatic carbocycles. The second kappa shape index (κ2) is 7.25. The first-order chi connectivity index (χ1) is 11.6. The Morgan fingerprint density at radius 3 is 2.36 bits per heavy atom. The average molecular weight is 347 g/mol. The Bertz CT molecular complexity index is 659. The number of hydrogen-bond acceptors (Lipinski definition) is 4. The van der Waals surface area contributed by atoms with Crippen molar-refractivity contribution in [3.05, 3.63) is 35.4 Å². The van der Waals surface area contributed by atoms with E-state index in [1.165, 1.54) is 12.0 Å². The van der Waals surface area contributed by atoms with E-state index in [1.807, 2.05) is 32.9 Å². The van der Waals surface area contributed by atoms with Crippen molar-refractivity contribution >= 4 is 17.8 Å². The number of amides is 1. The van der Waals surface area contributed by atoms with Crippen molar-refractivity contribution in [3.8, 4) is 0 Å². The minimum atomic E-state index is -0.957. The topological polar surface area (TPSA) is 83.9 Å². The van der Waals surface area contributed by atoms with Gasteiger partial charge in [-0.3, -0.25) is 4.79 Å². The van der Waals surface area contributed by atoms with Gasteiger partial charge in [0, 0.05) is 12.5 Å². The molecule has 0 radical (unpaired) electrons. The number of ether oxygens (including phenoxy) is 1. The monoisotopic (exact) mass is 347 g/mol. The molecular weight excluding hydrogens is 322 g/mol. The number of aliphatic carboxylic acids is 1. The fraction of sp³-hybridized carbons (Fsp3) is 0.526. The fourth-order valence-electron chi connectivity index (χ4n) is 3.28. The number of benzene rings is 1. The van der Waals surface area contributed by atoms with Crippen LogP contribution in [0.15, 0.2) is 24.3 Å². The Morgan fingerprint density at radius 2 is 1.88 bits per heavy atom. The number of carboxylic acids is 1. The third-order valence-corrected chi connectivity index (χ3v) is 4.68. The number of hydrogen-bond donors (Lipinski definition) is 1. The van der Waals surface area contributed by atoms with Gasteiger partial charge in [-0.25, -0.2) is 9.59 Å². The van der Waals surface area contributed by atoms with Gasteiger partial charge in [-0.2, -0.15) is 0 Å². The summed E-state index contributed by atoms with van der Waals surface area (Å²) in [7, 11) is 1.33. The SMILES string of the molecule is COC(=O)c1ccc(CC(N2C(=O)CCC2C(=O)O)C(C)(C)C)cc1. The van der Waals surface area contributed by atoms with Gasteiger partial charge in [0.25, 0.3) is 0 Å². The summed E-state index contributed by atoms with van der Waals surface area (Å²) in [6.45, 7) is 6.01. The molecule has 1 aliphatic rings. The highest BCUT2D eigenvalue weighted by atomic mass is 16.5. The molecule has 25 heavy (non-hydrogen) atoms. The van der Waals surface area contributed by atoms with E-state index in [0.29, 0.717) is 18.4 Å². The zero-order valence-electron chi connectivity index (χ0n) is 15.1. The summed E-state index contributed by atoms with van der Waals surface area (Å²) in [6, 6.07) is 5.99. The van der Waals surface area contributed by atoms with Crippen LogP contribution in [0.4, 0.5) is 0 Å². The molecule has 1 aromatic rings. The second-order valence-corrected chi connectivity index (χ2v) is 7.47. The Balaban J connectivity index is 2.28. The highest BCUT2D eigenvalue weighted by Crippen LogP contribution is 2.33. The highest BCUT2D eigenvalue weighted by Gasteiger charge is 2.44. The molecule has 1 saturated heterocycles. The van der Waals surface area contributed by atoms with Crippen molar-refractivity contribution in [1.82, 2.24) is 4.90 Å². The van der Waals surface area contributed by atoms with Crippen LogP contribution in [0.5, 0.6) is 0 Å². The van der Waals surface area contributed by atoms with Crippen LogP contribution in [-0.4, -0.2) is 47.0 Å². The molecule has 1 N–H and O–H groups in total. The van der Waals surface area contributed by atoms with Gasteiger partial charge in [0.2, 0.25) is 5.91 Å². The van der Waals surface area contributed by atoms with Gasteiger partial charge in [-0.05, 0) is 36.0 Å². The summed E-state index contributed by atoms with van der Waals surface area (Å²) in [6.07, 6.45) is 1.15. The number of carboxylic acid groups (broad SMARTS) is 1. The van der Waals surface area contributed by atoms with Gasteiger partial charge < -0.3 is 14.7 Å². The van der Waals surface area contributed by atoms with Crippen LogP contribution >= 0.6 is 0 Å². The summed E-state index contributed by atoms with van der Waals surface area (Å²) in [5.41, 5.74) is 1.12. The van der Waals surface area contributed by atoms with E-state index in [0.717, 1.165) is 5.56 Å². The molecule has 2 rings (SSSR count). The van der Waals surface area contributed by atoms with Crippen molar-refractivity contribution < 1.29 is 24.2 Å². The number of likely N-dealkylation sites (tertiary alicyclic amines) is 1. The summed E-state index contributed by atoms with van der Waals surface area (Å²) in [4.78, 5) is 37.0. The van der Waals surface area contributed by atoms with Gasteiger partial charge in [0.05, 0.1) is 12.7 Å². The number of esters is 1. The standard InChI is InChI=1S/C19H25NO5/c1-19(2,3)15(20-14(17(22)23)9-10-16(20)21)11-12-5-7-13(8-6-12)18(24)25-4/h5-8,14-15H,9-11H2,1-4H3,(H,22,23). The van der Waals surface area contributed by atoms with Crippen LogP contribution in [-0.2, 0) is 20.7 Å². The van der Waals surface area contributed by atoms with Gasteiger partial charge in [0.15, 0.2) is 0 Å². The smallest absolute Gasteiger partial charge is 0.337 e. The molecule has 0 bridgehead atoms. The first kappa shape index (κ1) is 19.0. The number of carbonyl (C=O) groups excluding carboxylic acids is 2. The van der Waals surface area contributed by atoms with Crippen LogP contribution in [0.3, 0.4) is 0 Å². The first-order valence-electron chi connectivity index (χ1n) is 8.36. The Kier molecular flexibility index (Phi) is 5.50. The molecule has 2 unspecified atom stereocenters. The van der Waals surface area contributed by atoms with Crippen LogP contribution < -0.4 is 0 Å². The maximum atomic E-state index is 12.4. The van der Waals surface area contributed by atoms with E-state index < -0.39 is 18.0 Å². The lowest BCUT2D eigenvalue weighted by atomic mass is 9.81. The lowest BCUT2D eigenvalue weighted by Crippen LogP contribution is -2.52. The van der Waals surface area contributed by atoms with Crippen LogP contribution in [0, 0.1) is 5.41 Å². The lowest BCUT2D eigenvalue weighted by Gasteiger charge is -2.40. The van der Waals surface area contributed by atoms with Gasteiger partial charge in [-0.1, -0.05) is 32.9 Å². The number of carbonyl (C=O) groups is 3. The summed E-state index contributed by atoms with van der Waals surface area (Å²) < 4.78 is 4.69. The van der Waals surface area contributed by atoms with Crippen molar-refractivity contribution in [2.45, 2.75) is 52.1 Å². The first-order valence-corrected chi connectivity index (χ1v) is 8.36. The quantitative estimate of drug-likeness (QED) is 0.828. The molecule has 136 valence electrons.